The van der Waals surface area contributed by atoms with Gasteiger partial charge in [0.05, 0.1) is 11.3 Å². The molecule has 3 nitrogen and oxygen atoms in total. The average Bonchev–Trinajstić information content (AvgIpc) is 2.77. The first-order valence-electron chi connectivity index (χ1n) is 6.18. The third kappa shape index (κ3) is 1.98. The molecule has 0 unspecified atom stereocenters. The first kappa shape index (κ1) is 13.1. The Bertz CT molecular complexity index is 780. The minimum absolute atomic E-state index is 0.276. The van der Waals surface area contributed by atoms with Crippen molar-refractivity contribution in [3.63, 3.8) is 0 Å². The lowest BCUT2D eigenvalue weighted by molar-refractivity contribution is 0.630. The monoisotopic (exact) mass is 333 g/mol. The summed E-state index contributed by atoms with van der Waals surface area (Å²) in [5, 5.41) is 0. The van der Waals surface area contributed by atoms with Crippen LogP contribution in [0, 0.1) is 5.82 Å². The molecule has 0 amide bonds. The topological polar surface area (TPSA) is 20.5 Å². The zero-order valence-electron chi connectivity index (χ0n) is 11.1. The molecule has 0 radical (unpaired) electrons. The highest BCUT2D eigenvalue weighted by molar-refractivity contribution is 9.10. The summed E-state index contributed by atoms with van der Waals surface area (Å²) in [4.78, 5) is 6.48. The van der Waals surface area contributed by atoms with Crippen molar-refractivity contribution < 1.29 is 4.39 Å². The van der Waals surface area contributed by atoms with Crippen molar-refractivity contribution >= 4 is 27.1 Å². The Kier molecular flexibility index (Phi) is 3.22. The van der Waals surface area contributed by atoms with Crippen LogP contribution in [0.15, 0.2) is 47.2 Å². The quantitative estimate of drug-likeness (QED) is 0.707. The smallest absolute Gasteiger partial charge is 0.148 e. The highest BCUT2D eigenvalue weighted by Crippen LogP contribution is 2.32. The van der Waals surface area contributed by atoms with Gasteiger partial charge >= 0.3 is 0 Å². The van der Waals surface area contributed by atoms with Crippen LogP contribution in [0.4, 0.5) is 10.1 Å². The molecule has 0 aliphatic rings. The van der Waals surface area contributed by atoms with E-state index in [1.165, 1.54) is 6.07 Å². The fourth-order valence-electron chi connectivity index (χ4n) is 2.27. The normalized spacial score (nSPS) is 11.0. The van der Waals surface area contributed by atoms with Gasteiger partial charge in [-0.3, -0.25) is 4.40 Å². The van der Waals surface area contributed by atoms with Gasteiger partial charge in [-0.1, -0.05) is 12.1 Å². The standard InChI is InChI=1S/C15H13BrFN3/c1-19(2)12-8-5-9-20-13(12)14(16)18-15(20)10-6-3-4-7-11(10)17/h3-9H,1-2H3. The Morgan fingerprint density at radius 3 is 2.60 bits per heavy atom. The third-order valence-electron chi connectivity index (χ3n) is 3.20. The number of imidazole rings is 1. The first-order chi connectivity index (χ1) is 9.59. The molecule has 102 valence electrons. The second-order valence-corrected chi connectivity index (χ2v) is 5.46. The fraction of sp³-hybridized carbons (Fsp3) is 0.133. The molecule has 1 aromatic carbocycles. The van der Waals surface area contributed by atoms with E-state index in [1.54, 1.807) is 12.1 Å². The Hall–Kier alpha value is -1.88. The van der Waals surface area contributed by atoms with Crippen LogP contribution in [-0.2, 0) is 0 Å². The van der Waals surface area contributed by atoms with E-state index in [0.29, 0.717) is 16.0 Å². The summed E-state index contributed by atoms with van der Waals surface area (Å²) < 4.78 is 16.6. The minimum Gasteiger partial charge on any atom is -0.376 e. The Morgan fingerprint density at radius 2 is 1.90 bits per heavy atom. The minimum atomic E-state index is -0.276. The average molecular weight is 334 g/mol. The Balaban J connectivity index is 2.35. The van der Waals surface area contributed by atoms with Gasteiger partial charge in [0.15, 0.2) is 0 Å². The van der Waals surface area contributed by atoms with Gasteiger partial charge < -0.3 is 4.90 Å². The van der Waals surface area contributed by atoms with Gasteiger partial charge in [0.1, 0.15) is 21.8 Å². The maximum Gasteiger partial charge on any atom is 0.148 e. The fourth-order valence-corrected chi connectivity index (χ4v) is 2.83. The molecule has 2 aromatic heterocycles. The van der Waals surface area contributed by atoms with E-state index in [0.717, 1.165) is 11.2 Å². The summed E-state index contributed by atoms with van der Waals surface area (Å²) in [5.74, 6) is 0.316. The summed E-state index contributed by atoms with van der Waals surface area (Å²) in [6.07, 6.45) is 1.89. The molecule has 0 fully saturated rings. The zero-order valence-corrected chi connectivity index (χ0v) is 12.7. The number of aromatic nitrogens is 2. The van der Waals surface area contributed by atoms with Crippen LogP contribution in [-0.4, -0.2) is 23.5 Å². The largest absolute Gasteiger partial charge is 0.376 e. The summed E-state index contributed by atoms with van der Waals surface area (Å²) in [6.45, 7) is 0. The summed E-state index contributed by atoms with van der Waals surface area (Å²) in [7, 11) is 3.94. The van der Waals surface area contributed by atoms with E-state index in [4.69, 9.17) is 0 Å². The maximum atomic E-state index is 14.0. The predicted octanol–water partition coefficient (Wildman–Crippen LogP) is 3.97. The highest BCUT2D eigenvalue weighted by Gasteiger charge is 2.16. The molecule has 0 spiro atoms. The number of anilines is 1. The van der Waals surface area contributed by atoms with E-state index in [2.05, 4.69) is 20.9 Å². The lowest BCUT2D eigenvalue weighted by atomic mass is 10.2. The lowest BCUT2D eigenvalue weighted by Gasteiger charge is -2.14. The van der Waals surface area contributed by atoms with Crippen molar-refractivity contribution in [1.82, 2.24) is 9.38 Å². The molecule has 0 bridgehead atoms. The van der Waals surface area contributed by atoms with Gasteiger partial charge in [0.25, 0.3) is 0 Å². The number of halogens is 2. The lowest BCUT2D eigenvalue weighted by Crippen LogP contribution is -2.10. The molecule has 0 atom stereocenters. The molecule has 3 rings (SSSR count). The molecule has 0 saturated heterocycles. The molecule has 0 aliphatic carbocycles. The summed E-state index contributed by atoms with van der Waals surface area (Å²) in [5.41, 5.74) is 2.44. The molecule has 5 heteroatoms. The van der Waals surface area contributed by atoms with Crippen LogP contribution in [0.5, 0.6) is 0 Å². The van der Waals surface area contributed by atoms with Crippen LogP contribution in [0.2, 0.25) is 0 Å². The van der Waals surface area contributed by atoms with Gasteiger partial charge in [-0.2, -0.15) is 0 Å². The second kappa shape index (κ2) is 4.90. The number of rotatable bonds is 2. The van der Waals surface area contributed by atoms with E-state index in [-0.39, 0.29) is 5.82 Å². The van der Waals surface area contributed by atoms with Gasteiger partial charge in [-0.05, 0) is 40.2 Å². The number of benzene rings is 1. The second-order valence-electron chi connectivity index (χ2n) is 4.71. The molecule has 0 N–H and O–H groups in total. The molecular formula is C15H13BrFN3. The van der Waals surface area contributed by atoms with E-state index < -0.39 is 0 Å². The molecule has 20 heavy (non-hydrogen) atoms. The molecule has 0 saturated carbocycles. The molecule has 0 aliphatic heterocycles. The van der Waals surface area contributed by atoms with Gasteiger partial charge in [-0.25, -0.2) is 9.37 Å². The molecule has 3 aromatic rings. The number of pyridine rings is 1. The number of fused-ring (bicyclic) bond motifs is 1. The zero-order chi connectivity index (χ0) is 14.3. The molecule has 2 heterocycles. The van der Waals surface area contributed by atoms with Gasteiger partial charge in [0, 0.05) is 20.3 Å². The van der Waals surface area contributed by atoms with Crippen LogP contribution in [0.1, 0.15) is 0 Å². The number of hydrogen-bond acceptors (Lipinski definition) is 2. The first-order valence-corrected chi connectivity index (χ1v) is 6.97. The van der Waals surface area contributed by atoms with Crippen LogP contribution < -0.4 is 4.90 Å². The van der Waals surface area contributed by atoms with Crippen molar-refractivity contribution in [2.75, 3.05) is 19.0 Å². The SMILES string of the molecule is CN(C)c1cccn2c(-c3ccccc3F)nc(Br)c12. The highest BCUT2D eigenvalue weighted by atomic mass is 79.9. The number of hydrogen-bond donors (Lipinski definition) is 0. The van der Waals surface area contributed by atoms with Gasteiger partial charge in [-0.15, -0.1) is 0 Å². The van der Waals surface area contributed by atoms with Crippen molar-refractivity contribution in [3.8, 4) is 11.4 Å². The number of nitrogens with zero attached hydrogens (tertiary/aromatic N) is 3. The summed E-state index contributed by atoms with van der Waals surface area (Å²) in [6, 6.07) is 10.6. The molecular weight excluding hydrogens is 321 g/mol. The van der Waals surface area contributed by atoms with E-state index in [9.17, 15) is 4.39 Å². The summed E-state index contributed by atoms with van der Waals surface area (Å²) >= 11 is 3.48. The third-order valence-corrected chi connectivity index (χ3v) is 3.75. The van der Waals surface area contributed by atoms with Crippen LogP contribution in [0.25, 0.3) is 16.9 Å². The van der Waals surface area contributed by atoms with E-state index >= 15 is 0 Å². The maximum absolute atomic E-state index is 14.0. The predicted molar refractivity (Wildman–Crippen MR) is 82.6 cm³/mol. The van der Waals surface area contributed by atoms with Crippen molar-refractivity contribution in [1.29, 1.82) is 0 Å². The van der Waals surface area contributed by atoms with Crippen molar-refractivity contribution in [2.45, 2.75) is 0 Å². The van der Waals surface area contributed by atoms with E-state index in [1.807, 2.05) is 47.8 Å². The van der Waals surface area contributed by atoms with Crippen LogP contribution >= 0.6 is 15.9 Å². The van der Waals surface area contributed by atoms with Crippen molar-refractivity contribution in [3.05, 3.63) is 53.0 Å². The Morgan fingerprint density at radius 1 is 1.15 bits per heavy atom. The van der Waals surface area contributed by atoms with Crippen molar-refractivity contribution in [2.24, 2.45) is 0 Å². The van der Waals surface area contributed by atoms with Crippen LogP contribution in [0.3, 0.4) is 0 Å². The Labute approximate surface area is 124 Å². The van der Waals surface area contributed by atoms with Gasteiger partial charge in [0.2, 0.25) is 0 Å².